The fourth-order valence-corrected chi connectivity index (χ4v) is 2.81. The first-order valence-electron chi connectivity index (χ1n) is 6.77. The molecule has 0 amide bonds. The van der Waals surface area contributed by atoms with Crippen molar-refractivity contribution in [2.45, 2.75) is 32.9 Å². The number of methoxy groups -OCH3 is 1. The van der Waals surface area contributed by atoms with Crippen molar-refractivity contribution in [2.75, 3.05) is 26.9 Å². The molecule has 4 nitrogen and oxygen atoms in total. The Balaban J connectivity index is 2.35. The van der Waals surface area contributed by atoms with Gasteiger partial charge in [0.15, 0.2) is 0 Å². The Morgan fingerprint density at radius 2 is 2.11 bits per heavy atom. The summed E-state index contributed by atoms with van der Waals surface area (Å²) in [6.45, 7) is 8.59. The Labute approximate surface area is 115 Å². The highest BCUT2D eigenvalue weighted by molar-refractivity contribution is 5.49. The van der Waals surface area contributed by atoms with Crippen molar-refractivity contribution in [1.82, 2.24) is 5.32 Å². The van der Waals surface area contributed by atoms with E-state index in [2.05, 4.69) is 32.2 Å². The molecule has 4 heteroatoms. The zero-order valence-electron chi connectivity index (χ0n) is 12.2. The van der Waals surface area contributed by atoms with Crippen molar-refractivity contribution >= 4 is 0 Å². The van der Waals surface area contributed by atoms with Gasteiger partial charge in [0, 0.05) is 18.6 Å². The fourth-order valence-electron chi connectivity index (χ4n) is 2.81. The van der Waals surface area contributed by atoms with E-state index in [4.69, 9.17) is 15.2 Å². The molecule has 2 unspecified atom stereocenters. The van der Waals surface area contributed by atoms with Crippen LogP contribution in [0.2, 0.25) is 0 Å². The van der Waals surface area contributed by atoms with E-state index in [-0.39, 0.29) is 12.1 Å². The molecule has 0 aliphatic carbocycles. The van der Waals surface area contributed by atoms with Crippen LogP contribution < -0.4 is 15.8 Å². The molecule has 0 saturated carbocycles. The normalized spacial score (nSPS) is 21.2. The summed E-state index contributed by atoms with van der Waals surface area (Å²) in [5, 5.41) is 3.44. The van der Waals surface area contributed by atoms with E-state index in [1.807, 2.05) is 0 Å². The minimum absolute atomic E-state index is 0.0510. The molecule has 1 fully saturated rings. The van der Waals surface area contributed by atoms with Crippen LogP contribution in [0, 0.1) is 20.8 Å². The van der Waals surface area contributed by atoms with E-state index in [0.717, 1.165) is 24.5 Å². The molecule has 1 aromatic rings. The molecule has 19 heavy (non-hydrogen) atoms. The number of hydrogen-bond acceptors (Lipinski definition) is 4. The van der Waals surface area contributed by atoms with Gasteiger partial charge in [-0.3, -0.25) is 0 Å². The number of rotatable bonds is 3. The van der Waals surface area contributed by atoms with Crippen LogP contribution in [-0.2, 0) is 4.74 Å². The average Bonchev–Trinajstić information content (AvgIpc) is 2.43. The standard InChI is InChI=1S/C15H24N2O2/c1-9-7-13(18-4)10(2)11(3)14(9)15(16)12-8-19-6-5-17-12/h7,12,15,17H,5-6,8,16H2,1-4H3. The molecule has 106 valence electrons. The Hall–Kier alpha value is -1.10. The molecule has 2 atom stereocenters. The maximum Gasteiger partial charge on any atom is 0.122 e. The summed E-state index contributed by atoms with van der Waals surface area (Å²) in [5.74, 6) is 0.929. The van der Waals surface area contributed by atoms with Gasteiger partial charge in [-0.15, -0.1) is 0 Å². The molecular weight excluding hydrogens is 240 g/mol. The molecule has 1 saturated heterocycles. The first kappa shape index (κ1) is 14.3. The third-order valence-corrected chi connectivity index (χ3v) is 4.05. The second-order valence-corrected chi connectivity index (χ2v) is 5.22. The van der Waals surface area contributed by atoms with Gasteiger partial charge in [-0.05, 0) is 49.1 Å². The van der Waals surface area contributed by atoms with Crippen LogP contribution >= 0.6 is 0 Å². The van der Waals surface area contributed by atoms with Crippen LogP contribution in [0.5, 0.6) is 5.75 Å². The van der Waals surface area contributed by atoms with Crippen molar-refractivity contribution in [3.8, 4) is 5.75 Å². The summed E-state index contributed by atoms with van der Waals surface area (Å²) in [7, 11) is 1.71. The lowest BCUT2D eigenvalue weighted by molar-refractivity contribution is 0.0683. The minimum Gasteiger partial charge on any atom is -0.496 e. The Morgan fingerprint density at radius 3 is 2.68 bits per heavy atom. The second kappa shape index (κ2) is 5.90. The zero-order chi connectivity index (χ0) is 14.0. The predicted molar refractivity (Wildman–Crippen MR) is 76.7 cm³/mol. The smallest absolute Gasteiger partial charge is 0.122 e. The molecular formula is C15H24N2O2. The molecule has 1 aliphatic heterocycles. The molecule has 0 bridgehead atoms. The highest BCUT2D eigenvalue weighted by Gasteiger charge is 2.25. The van der Waals surface area contributed by atoms with Crippen LogP contribution in [0.1, 0.15) is 28.3 Å². The van der Waals surface area contributed by atoms with E-state index in [0.29, 0.717) is 6.61 Å². The zero-order valence-corrected chi connectivity index (χ0v) is 12.2. The lowest BCUT2D eigenvalue weighted by Crippen LogP contribution is -2.48. The lowest BCUT2D eigenvalue weighted by atomic mass is 9.89. The average molecular weight is 264 g/mol. The maximum absolute atomic E-state index is 6.45. The van der Waals surface area contributed by atoms with Crippen LogP contribution in [0.15, 0.2) is 6.07 Å². The third-order valence-electron chi connectivity index (χ3n) is 4.05. The number of ether oxygens (including phenoxy) is 2. The Kier molecular flexibility index (Phi) is 4.45. The first-order valence-corrected chi connectivity index (χ1v) is 6.77. The molecule has 0 spiro atoms. The summed E-state index contributed by atoms with van der Waals surface area (Å²) >= 11 is 0. The van der Waals surface area contributed by atoms with Gasteiger partial charge < -0.3 is 20.5 Å². The number of hydrogen-bond donors (Lipinski definition) is 2. The van der Waals surface area contributed by atoms with Crippen molar-refractivity contribution < 1.29 is 9.47 Å². The van der Waals surface area contributed by atoms with Crippen LogP contribution in [0.25, 0.3) is 0 Å². The molecule has 0 aromatic heterocycles. The van der Waals surface area contributed by atoms with Crippen molar-refractivity contribution in [3.63, 3.8) is 0 Å². The van der Waals surface area contributed by atoms with Gasteiger partial charge in [0.25, 0.3) is 0 Å². The molecule has 2 rings (SSSR count). The number of benzene rings is 1. The summed E-state index contributed by atoms with van der Waals surface area (Å²) in [6.07, 6.45) is 0. The summed E-state index contributed by atoms with van der Waals surface area (Å²) < 4.78 is 10.9. The predicted octanol–water partition coefficient (Wildman–Crippen LogP) is 1.61. The van der Waals surface area contributed by atoms with E-state index >= 15 is 0 Å². The molecule has 0 radical (unpaired) electrons. The van der Waals surface area contributed by atoms with Gasteiger partial charge >= 0.3 is 0 Å². The summed E-state index contributed by atoms with van der Waals surface area (Å²) in [4.78, 5) is 0. The van der Waals surface area contributed by atoms with Gasteiger partial charge in [-0.2, -0.15) is 0 Å². The van der Waals surface area contributed by atoms with Gasteiger partial charge in [0.2, 0.25) is 0 Å². The summed E-state index contributed by atoms with van der Waals surface area (Å²) in [5.41, 5.74) is 11.2. The monoisotopic (exact) mass is 264 g/mol. The van der Waals surface area contributed by atoms with Gasteiger partial charge in [-0.1, -0.05) is 0 Å². The second-order valence-electron chi connectivity index (χ2n) is 5.22. The largest absolute Gasteiger partial charge is 0.496 e. The van der Waals surface area contributed by atoms with Crippen LogP contribution in [0.3, 0.4) is 0 Å². The quantitative estimate of drug-likeness (QED) is 0.871. The third kappa shape index (κ3) is 2.76. The topological polar surface area (TPSA) is 56.5 Å². The van der Waals surface area contributed by atoms with Gasteiger partial charge in [0.1, 0.15) is 5.75 Å². The maximum atomic E-state index is 6.45. The molecule has 1 heterocycles. The number of nitrogens with one attached hydrogen (secondary N) is 1. The fraction of sp³-hybridized carbons (Fsp3) is 0.600. The first-order chi connectivity index (χ1) is 9.06. The van der Waals surface area contributed by atoms with Crippen molar-refractivity contribution in [2.24, 2.45) is 5.73 Å². The Morgan fingerprint density at radius 1 is 1.37 bits per heavy atom. The number of aryl methyl sites for hydroxylation is 1. The lowest BCUT2D eigenvalue weighted by Gasteiger charge is -2.31. The van der Waals surface area contributed by atoms with Crippen LogP contribution in [0.4, 0.5) is 0 Å². The molecule has 3 N–H and O–H groups in total. The highest BCUT2D eigenvalue weighted by Crippen LogP contribution is 2.31. The molecule has 1 aliphatic rings. The number of morpholine rings is 1. The van der Waals surface area contributed by atoms with Crippen LogP contribution in [-0.4, -0.2) is 32.9 Å². The SMILES string of the molecule is COc1cc(C)c(C(N)C2COCCN2)c(C)c1C. The van der Waals surface area contributed by atoms with E-state index in [9.17, 15) is 0 Å². The van der Waals surface area contributed by atoms with E-state index in [1.165, 1.54) is 16.7 Å². The molecule has 1 aromatic carbocycles. The Bertz CT molecular complexity index is 454. The van der Waals surface area contributed by atoms with Crippen molar-refractivity contribution in [3.05, 3.63) is 28.3 Å². The summed E-state index contributed by atoms with van der Waals surface area (Å²) in [6, 6.07) is 2.20. The van der Waals surface area contributed by atoms with Crippen molar-refractivity contribution in [1.29, 1.82) is 0 Å². The number of nitrogens with two attached hydrogens (primary N) is 1. The highest BCUT2D eigenvalue weighted by atomic mass is 16.5. The van der Waals surface area contributed by atoms with E-state index in [1.54, 1.807) is 7.11 Å². The minimum atomic E-state index is -0.0510. The van der Waals surface area contributed by atoms with Gasteiger partial charge in [0.05, 0.1) is 20.3 Å². The van der Waals surface area contributed by atoms with E-state index < -0.39 is 0 Å². The van der Waals surface area contributed by atoms with Gasteiger partial charge in [-0.25, -0.2) is 0 Å².